The molecule has 0 radical (unpaired) electrons. The lowest BCUT2D eigenvalue weighted by atomic mass is 10.1. The highest BCUT2D eigenvalue weighted by atomic mass is 16.5. The zero-order valence-electron chi connectivity index (χ0n) is 15.7. The Hall–Kier alpha value is -3.46. The summed E-state index contributed by atoms with van der Waals surface area (Å²) >= 11 is 0. The Bertz CT molecular complexity index is 1030. The fourth-order valence-electron chi connectivity index (χ4n) is 2.97. The maximum atomic E-state index is 11.7. The fraction of sp³-hybridized carbons (Fsp3) is 0.238. The Morgan fingerprint density at radius 1 is 1.30 bits per heavy atom. The largest absolute Gasteiger partial charge is 0.485 e. The molecule has 6 heteroatoms. The van der Waals surface area contributed by atoms with E-state index in [1.54, 1.807) is 7.05 Å². The minimum absolute atomic E-state index is 0.272. The summed E-state index contributed by atoms with van der Waals surface area (Å²) in [5.41, 5.74) is 5.26. The van der Waals surface area contributed by atoms with Crippen molar-refractivity contribution in [2.45, 2.75) is 26.9 Å². The molecular formula is C21H22N4O2. The molecule has 0 spiro atoms. The summed E-state index contributed by atoms with van der Waals surface area (Å²) in [5.74, 6) is 3.34. The van der Waals surface area contributed by atoms with E-state index in [1.807, 2.05) is 54.8 Å². The van der Waals surface area contributed by atoms with E-state index in [1.165, 1.54) is 0 Å². The van der Waals surface area contributed by atoms with Gasteiger partial charge < -0.3 is 15.4 Å². The van der Waals surface area contributed by atoms with Crippen LogP contribution in [0.1, 0.15) is 22.5 Å². The van der Waals surface area contributed by atoms with Crippen LogP contribution in [0.3, 0.4) is 0 Å². The van der Waals surface area contributed by atoms with Crippen LogP contribution in [0.2, 0.25) is 0 Å². The lowest BCUT2D eigenvalue weighted by molar-refractivity contribution is 0.254. The van der Waals surface area contributed by atoms with Crippen molar-refractivity contribution >= 4 is 17.4 Å². The van der Waals surface area contributed by atoms with Gasteiger partial charge in [-0.1, -0.05) is 12.1 Å². The van der Waals surface area contributed by atoms with Gasteiger partial charge in [-0.15, -0.1) is 12.3 Å². The molecule has 0 saturated heterocycles. The van der Waals surface area contributed by atoms with E-state index < -0.39 is 0 Å². The molecule has 0 bridgehead atoms. The first kappa shape index (κ1) is 18.3. The zero-order valence-corrected chi connectivity index (χ0v) is 15.7. The van der Waals surface area contributed by atoms with Crippen LogP contribution in [-0.2, 0) is 13.0 Å². The molecule has 3 rings (SSSR count). The summed E-state index contributed by atoms with van der Waals surface area (Å²) in [6.07, 6.45) is 7.91. The predicted molar refractivity (Wildman–Crippen MR) is 106 cm³/mol. The second-order valence-corrected chi connectivity index (χ2v) is 6.18. The van der Waals surface area contributed by atoms with Gasteiger partial charge in [0.15, 0.2) is 11.4 Å². The molecule has 0 aliphatic heterocycles. The monoisotopic (exact) mass is 362 g/mol. The van der Waals surface area contributed by atoms with Gasteiger partial charge in [0.25, 0.3) is 0 Å². The van der Waals surface area contributed by atoms with Crippen molar-refractivity contribution in [3.63, 3.8) is 0 Å². The molecule has 0 saturated carbocycles. The number of nitrogens with one attached hydrogen (secondary N) is 2. The summed E-state index contributed by atoms with van der Waals surface area (Å²) in [5, 5.41) is 5.39. The Morgan fingerprint density at radius 2 is 2.11 bits per heavy atom. The Balaban J connectivity index is 1.91. The maximum absolute atomic E-state index is 11.7. The summed E-state index contributed by atoms with van der Waals surface area (Å²) in [6, 6.07) is 9.25. The van der Waals surface area contributed by atoms with Crippen molar-refractivity contribution in [2.24, 2.45) is 0 Å². The summed E-state index contributed by atoms with van der Waals surface area (Å²) in [6.45, 7) is 4.23. The Labute approximate surface area is 158 Å². The smallest absolute Gasteiger partial charge is 0.318 e. The molecule has 0 unspecified atom stereocenters. The molecular weight excluding hydrogens is 340 g/mol. The third-order valence-corrected chi connectivity index (χ3v) is 4.44. The third-order valence-electron chi connectivity index (χ3n) is 4.44. The van der Waals surface area contributed by atoms with Gasteiger partial charge in [0.05, 0.1) is 17.8 Å². The van der Waals surface area contributed by atoms with Gasteiger partial charge in [0.1, 0.15) is 6.61 Å². The number of anilines is 1. The summed E-state index contributed by atoms with van der Waals surface area (Å²) < 4.78 is 8.05. The number of ether oxygens (including phenoxy) is 1. The highest BCUT2D eigenvalue weighted by Crippen LogP contribution is 2.26. The van der Waals surface area contributed by atoms with Gasteiger partial charge in [0, 0.05) is 24.5 Å². The molecule has 0 aliphatic carbocycles. The number of benzene rings is 1. The molecule has 3 aromatic rings. The first-order valence-corrected chi connectivity index (χ1v) is 8.65. The Morgan fingerprint density at radius 3 is 2.85 bits per heavy atom. The Kier molecular flexibility index (Phi) is 5.32. The molecule has 2 aromatic heterocycles. The van der Waals surface area contributed by atoms with Crippen LogP contribution in [0, 0.1) is 26.2 Å². The van der Waals surface area contributed by atoms with Gasteiger partial charge in [0.2, 0.25) is 0 Å². The zero-order chi connectivity index (χ0) is 19.4. The molecule has 6 nitrogen and oxygen atoms in total. The quantitative estimate of drug-likeness (QED) is 0.683. The van der Waals surface area contributed by atoms with Crippen molar-refractivity contribution in [3.05, 3.63) is 59.0 Å². The van der Waals surface area contributed by atoms with E-state index in [0.717, 1.165) is 28.2 Å². The van der Waals surface area contributed by atoms with Crippen molar-refractivity contribution in [2.75, 3.05) is 12.4 Å². The van der Waals surface area contributed by atoms with Crippen LogP contribution in [0.5, 0.6) is 5.75 Å². The number of rotatable bonds is 5. The van der Waals surface area contributed by atoms with Crippen LogP contribution in [0.25, 0.3) is 5.65 Å². The van der Waals surface area contributed by atoms with Gasteiger partial charge in [-0.3, -0.25) is 4.40 Å². The minimum Gasteiger partial charge on any atom is -0.485 e. The number of fused-ring (bicyclic) bond motifs is 1. The molecule has 0 fully saturated rings. The van der Waals surface area contributed by atoms with E-state index in [-0.39, 0.29) is 6.03 Å². The predicted octanol–water partition coefficient (Wildman–Crippen LogP) is 3.46. The van der Waals surface area contributed by atoms with Crippen LogP contribution in [0.15, 0.2) is 36.5 Å². The highest BCUT2D eigenvalue weighted by Gasteiger charge is 2.14. The first-order valence-electron chi connectivity index (χ1n) is 8.65. The second kappa shape index (κ2) is 7.83. The van der Waals surface area contributed by atoms with E-state index in [0.29, 0.717) is 24.5 Å². The number of amides is 2. The average molecular weight is 362 g/mol. The van der Waals surface area contributed by atoms with Crippen molar-refractivity contribution in [1.29, 1.82) is 0 Å². The molecule has 138 valence electrons. The number of carbonyl (C=O) groups is 1. The topological polar surface area (TPSA) is 67.7 Å². The molecule has 2 heterocycles. The fourth-order valence-corrected chi connectivity index (χ4v) is 2.97. The third kappa shape index (κ3) is 3.72. The van der Waals surface area contributed by atoms with Crippen LogP contribution < -0.4 is 15.4 Å². The van der Waals surface area contributed by atoms with E-state index in [2.05, 4.69) is 21.5 Å². The van der Waals surface area contributed by atoms with Gasteiger partial charge in [-0.2, -0.15) is 0 Å². The standard InChI is InChI=1S/C21H22N4O2/c1-5-8-18-15(3)23-20-19(11-7-12-25(18)20)27-13-16-14(2)9-6-10-17(16)24-21(26)22-4/h1,6-7,9-12H,8,13H2,2-4H3,(H2,22,24,26). The number of aromatic nitrogens is 2. The first-order chi connectivity index (χ1) is 13.0. The van der Waals surface area contributed by atoms with E-state index in [4.69, 9.17) is 11.2 Å². The van der Waals surface area contributed by atoms with E-state index >= 15 is 0 Å². The summed E-state index contributed by atoms with van der Waals surface area (Å²) in [4.78, 5) is 16.3. The van der Waals surface area contributed by atoms with Gasteiger partial charge in [-0.05, 0) is 37.6 Å². The molecule has 1 aromatic carbocycles. The molecule has 0 aliphatic rings. The van der Waals surface area contributed by atoms with Crippen LogP contribution in [-0.4, -0.2) is 22.5 Å². The summed E-state index contributed by atoms with van der Waals surface area (Å²) in [7, 11) is 1.58. The van der Waals surface area contributed by atoms with Gasteiger partial charge in [-0.25, -0.2) is 9.78 Å². The second-order valence-electron chi connectivity index (χ2n) is 6.18. The lowest BCUT2D eigenvalue weighted by Crippen LogP contribution is -2.25. The number of hydrogen-bond donors (Lipinski definition) is 2. The van der Waals surface area contributed by atoms with E-state index in [9.17, 15) is 4.79 Å². The van der Waals surface area contributed by atoms with Crippen LogP contribution >= 0.6 is 0 Å². The molecule has 2 N–H and O–H groups in total. The SMILES string of the molecule is C#CCc1c(C)nc2c(OCc3c(C)cccc3NC(=O)NC)cccn12. The number of urea groups is 1. The average Bonchev–Trinajstić information content (AvgIpc) is 2.98. The number of nitrogens with zero attached hydrogens (tertiary/aromatic N) is 2. The molecule has 2 amide bonds. The number of hydrogen-bond acceptors (Lipinski definition) is 3. The number of pyridine rings is 1. The van der Waals surface area contributed by atoms with Crippen LogP contribution in [0.4, 0.5) is 10.5 Å². The number of terminal acetylenes is 1. The van der Waals surface area contributed by atoms with Gasteiger partial charge >= 0.3 is 6.03 Å². The number of imidazole rings is 1. The normalized spacial score (nSPS) is 10.4. The maximum Gasteiger partial charge on any atom is 0.318 e. The lowest BCUT2D eigenvalue weighted by Gasteiger charge is -2.15. The number of aryl methyl sites for hydroxylation is 2. The number of carbonyl (C=O) groups excluding carboxylic acids is 1. The van der Waals surface area contributed by atoms with Crippen molar-refractivity contribution < 1.29 is 9.53 Å². The van der Waals surface area contributed by atoms with Crippen molar-refractivity contribution in [1.82, 2.24) is 14.7 Å². The highest BCUT2D eigenvalue weighted by molar-refractivity contribution is 5.90. The molecule has 27 heavy (non-hydrogen) atoms. The van der Waals surface area contributed by atoms with Crippen molar-refractivity contribution in [3.8, 4) is 18.1 Å². The molecule has 0 atom stereocenters. The minimum atomic E-state index is -0.272.